The minimum Gasteiger partial charge on any atom is -0.326 e. The molecule has 3 rings (SSSR count). The van der Waals surface area contributed by atoms with E-state index in [9.17, 15) is 22.8 Å². The highest BCUT2D eigenvalue weighted by atomic mass is 32.1. The number of thiazole rings is 1. The highest BCUT2D eigenvalue weighted by molar-refractivity contribution is 7.13. The first-order valence-electron chi connectivity index (χ1n) is 8.03. The Bertz CT molecular complexity index is 817. The SMILES string of the molecule is CCCC1NC(=O)N(Cc2csc(-c3ccc(C(F)(F)F)cc3)n2)C1=O. The van der Waals surface area contributed by atoms with Crippen LogP contribution in [-0.2, 0) is 17.5 Å². The summed E-state index contributed by atoms with van der Waals surface area (Å²) in [6, 6.07) is 3.78. The number of hydrogen-bond acceptors (Lipinski definition) is 4. The molecule has 1 N–H and O–H groups in total. The minimum atomic E-state index is -4.38. The molecule has 1 aromatic heterocycles. The van der Waals surface area contributed by atoms with Crippen LogP contribution in [0.15, 0.2) is 29.6 Å². The maximum Gasteiger partial charge on any atom is 0.416 e. The van der Waals surface area contributed by atoms with E-state index in [1.165, 1.54) is 23.5 Å². The second-order valence-electron chi connectivity index (χ2n) is 5.93. The first-order chi connectivity index (χ1) is 12.3. The molecule has 0 saturated carbocycles. The van der Waals surface area contributed by atoms with Crippen molar-refractivity contribution in [1.29, 1.82) is 0 Å². The maximum absolute atomic E-state index is 12.6. The maximum atomic E-state index is 12.6. The van der Waals surface area contributed by atoms with E-state index in [0.29, 0.717) is 22.7 Å². The van der Waals surface area contributed by atoms with Crippen molar-refractivity contribution in [3.05, 3.63) is 40.9 Å². The van der Waals surface area contributed by atoms with Gasteiger partial charge in [-0.3, -0.25) is 9.69 Å². The quantitative estimate of drug-likeness (QED) is 0.793. The van der Waals surface area contributed by atoms with Gasteiger partial charge in [0.25, 0.3) is 5.91 Å². The van der Waals surface area contributed by atoms with Crippen LogP contribution < -0.4 is 5.32 Å². The van der Waals surface area contributed by atoms with Crippen molar-refractivity contribution in [3.63, 3.8) is 0 Å². The summed E-state index contributed by atoms with van der Waals surface area (Å²) in [5, 5.41) is 4.87. The molecule has 9 heteroatoms. The normalized spacial score (nSPS) is 17.7. The number of nitrogens with one attached hydrogen (secondary N) is 1. The summed E-state index contributed by atoms with van der Waals surface area (Å²) < 4.78 is 37.9. The van der Waals surface area contributed by atoms with Crippen molar-refractivity contribution in [3.8, 4) is 10.6 Å². The zero-order chi connectivity index (χ0) is 18.9. The summed E-state index contributed by atoms with van der Waals surface area (Å²) in [6.45, 7) is 1.97. The Morgan fingerprint density at radius 3 is 2.54 bits per heavy atom. The fraction of sp³-hybridized carbons (Fsp3) is 0.353. The molecule has 2 heterocycles. The molecule has 3 amide bonds. The lowest BCUT2D eigenvalue weighted by Gasteiger charge is -2.11. The molecule has 0 radical (unpaired) electrons. The second-order valence-corrected chi connectivity index (χ2v) is 6.79. The van der Waals surface area contributed by atoms with Gasteiger partial charge < -0.3 is 5.32 Å². The molecule has 1 aliphatic heterocycles. The molecule has 1 unspecified atom stereocenters. The second kappa shape index (κ2) is 7.06. The van der Waals surface area contributed by atoms with E-state index >= 15 is 0 Å². The van der Waals surface area contributed by atoms with Gasteiger partial charge in [-0.05, 0) is 18.6 Å². The lowest BCUT2D eigenvalue weighted by molar-refractivity contribution is -0.137. The van der Waals surface area contributed by atoms with Crippen LogP contribution in [0.3, 0.4) is 0 Å². The van der Waals surface area contributed by atoms with Gasteiger partial charge in [0.2, 0.25) is 0 Å². The van der Waals surface area contributed by atoms with E-state index < -0.39 is 23.8 Å². The molecule has 1 atom stereocenters. The molecule has 0 aliphatic carbocycles. The monoisotopic (exact) mass is 383 g/mol. The number of hydrogen-bond donors (Lipinski definition) is 1. The van der Waals surface area contributed by atoms with Gasteiger partial charge in [-0.2, -0.15) is 13.2 Å². The fourth-order valence-electron chi connectivity index (χ4n) is 2.69. The topological polar surface area (TPSA) is 62.3 Å². The van der Waals surface area contributed by atoms with E-state index in [4.69, 9.17) is 0 Å². The number of carbonyl (C=O) groups excluding carboxylic acids is 2. The van der Waals surface area contributed by atoms with Crippen LogP contribution in [0.2, 0.25) is 0 Å². The largest absolute Gasteiger partial charge is 0.416 e. The van der Waals surface area contributed by atoms with Crippen molar-refractivity contribution in [2.45, 2.75) is 38.5 Å². The summed E-state index contributed by atoms with van der Waals surface area (Å²) in [6.07, 6.45) is -3.03. The number of benzene rings is 1. The summed E-state index contributed by atoms with van der Waals surface area (Å²) in [5.74, 6) is -0.277. The Hall–Kier alpha value is -2.42. The fourth-order valence-corrected chi connectivity index (χ4v) is 3.50. The highest BCUT2D eigenvalue weighted by Gasteiger charge is 2.37. The number of imide groups is 1. The van der Waals surface area contributed by atoms with E-state index in [2.05, 4.69) is 10.3 Å². The zero-order valence-corrected chi connectivity index (χ0v) is 14.7. The summed E-state index contributed by atoms with van der Waals surface area (Å²) in [7, 11) is 0. The molecule has 0 spiro atoms. The van der Waals surface area contributed by atoms with Gasteiger partial charge >= 0.3 is 12.2 Å². The van der Waals surface area contributed by atoms with Crippen molar-refractivity contribution in [2.24, 2.45) is 0 Å². The Balaban J connectivity index is 1.72. The van der Waals surface area contributed by atoms with Gasteiger partial charge in [0, 0.05) is 10.9 Å². The van der Waals surface area contributed by atoms with Gasteiger partial charge in [-0.1, -0.05) is 25.5 Å². The van der Waals surface area contributed by atoms with Crippen LogP contribution >= 0.6 is 11.3 Å². The summed E-state index contributed by atoms with van der Waals surface area (Å²) >= 11 is 1.25. The molecule has 1 aliphatic rings. The van der Waals surface area contributed by atoms with E-state index in [0.717, 1.165) is 23.5 Å². The number of aromatic nitrogens is 1. The van der Waals surface area contributed by atoms with Crippen molar-refractivity contribution < 1.29 is 22.8 Å². The molecule has 138 valence electrons. The van der Waals surface area contributed by atoms with Gasteiger partial charge in [0.1, 0.15) is 11.0 Å². The number of alkyl halides is 3. The first-order valence-corrected chi connectivity index (χ1v) is 8.91. The van der Waals surface area contributed by atoms with Gasteiger partial charge in [0.05, 0.1) is 17.8 Å². The van der Waals surface area contributed by atoms with Gasteiger partial charge in [-0.25, -0.2) is 9.78 Å². The van der Waals surface area contributed by atoms with Gasteiger partial charge in [-0.15, -0.1) is 11.3 Å². The van der Waals surface area contributed by atoms with Crippen LogP contribution in [0.25, 0.3) is 10.6 Å². The number of halogens is 3. The van der Waals surface area contributed by atoms with E-state index in [1.54, 1.807) is 5.38 Å². The average Bonchev–Trinajstić information content (AvgIpc) is 3.15. The van der Waals surface area contributed by atoms with Crippen molar-refractivity contribution >= 4 is 23.3 Å². The number of amides is 3. The highest BCUT2D eigenvalue weighted by Crippen LogP contribution is 2.32. The zero-order valence-electron chi connectivity index (χ0n) is 13.8. The molecule has 1 fully saturated rings. The Labute approximate surface area is 151 Å². The predicted molar refractivity (Wildman–Crippen MR) is 90.3 cm³/mol. The average molecular weight is 383 g/mol. The summed E-state index contributed by atoms with van der Waals surface area (Å²) in [4.78, 5) is 29.6. The Morgan fingerprint density at radius 2 is 1.92 bits per heavy atom. The third-order valence-electron chi connectivity index (χ3n) is 4.02. The third-order valence-corrected chi connectivity index (χ3v) is 4.96. The van der Waals surface area contributed by atoms with Crippen LogP contribution in [0.1, 0.15) is 31.0 Å². The molecule has 26 heavy (non-hydrogen) atoms. The predicted octanol–water partition coefficient (Wildman–Crippen LogP) is 4.05. The molecule has 1 aromatic carbocycles. The summed E-state index contributed by atoms with van der Waals surface area (Å²) in [5.41, 5.74) is 0.347. The van der Waals surface area contributed by atoms with E-state index in [1.807, 2.05) is 6.92 Å². The number of urea groups is 1. The molecule has 0 bridgehead atoms. The van der Waals surface area contributed by atoms with Gasteiger partial charge in [0.15, 0.2) is 0 Å². The molecule has 1 saturated heterocycles. The number of carbonyl (C=O) groups is 2. The number of nitrogens with zero attached hydrogens (tertiary/aromatic N) is 2. The number of rotatable bonds is 5. The molecular formula is C17H16F3N3O2S. The van der Waals surface area contributed by atoms with Crippen molar-refractivity contribution in [1.82, 2.24) is 15.2 Å². The standard InChI is InChI=1S/C17H16F3N3O2S/c1-2-3-13-15(24)23(16(25)22-13)8-12-9-26-14(21-12)10-4-6-11(7-5-10)17(18,19)20/h4-7,9,13H,2-3,8H2,1H3,(H,22,25). The van der Waals surface area contributed by atoms with Crippen molar-refractivity contribution in [2.75, 3.05) is 0 Å². The molecule has 2 aromatic rings. The Kier molecular flexibility index (Phi) is 4.99. The van der Waals surface area contributed by atoms with Crippen LogP contribution in [0.5, 0.6) is 0 Å². The molecular weight excluding hydrogens is 367 g/mol. The first kappa shape index (κ1) is 18.4. The Morgan fingerprint density at radius 1 is 1.23 bits per heavy atom. The van der Waals surface area contributed by atoms with Crippen LogP contribution in [0.4, 0.5) is 18.0 Å². The minimum absolute atomic E-state index is 0.0437. The van der Waals surface area contributed by atoms with Crippen LogP contribution in [-0.4, -0.2) is 27.9 Å². The van der Waals surface area contributed by atoms with Crippen LogP contribution in [0, 0.1) is 0 Å². The lowest BCUT2D eigenvalue weighted by Crippen LogP contribution is -2.31. The smallest absolute Gasteiger partial charge is 0.326 e. The third kappa shape index (κ3) is 3.72. The lowest BCUT2D eigenvalue weighted by atomic mass is 10.1. The molecule has 5 nitrogen and oxygen atoms in total. The van der Waals surface area contributed by atoms with E-state index in [-0.39, 0.29) is 12.5 Å².